The van der Waals surface area contributed by atoms with E-state index in [0.29, 0.717) is 22.1 Å². The molecule has 0 aliphatic heterocycles. The molecule has 0 aliphatic carbocycles. The van der Waals surface area contributed by atoms with Crippen molar-refractivity contribution in [2.75, 3.05) is 5.73 Å². The summed E-state index contributed by atoms with van der Waals surface area (Å²) >= 11 is 6.26. The minimum Gasteiger partial charge on any atom is -0.507 e. The van der Waals surface area contributed by atoms with Crippen LogP contribution in [0.25, 0.3) is 11.3 Å². The summed E-state index contributed by atoms with van der Waals surface area (Å²) in [7, 11) is 0. The van der Waals surface area contributed by atoms with E-state index in [1.165, 1.54) is 0 Å². The van der Waals surface area contributed by atoms with Crippen molar-refractivity contribution in [2.45, 2.75) is 46.0 Å². The van der Waals surface area contributed by atoms with Crippen molar-refractivity contribution in [1.29, 1.82) is 0 Å². The predicted octanol–water partition coefficient (Wildman–Crippen LogP) is 5.11. The summed E-state index contributed by atoms with van der Waals surface area (Å²) < 4.78 is 0. The molecule has 0 saturated heterocycles. The molecule has 0 radical (unpaired) electrons. The Bertz CT molecular complexity index is 680. The summed E-state index contributed by atoms with van der Waals surface area (Å²) in [5.41, 5.74) is 9.81. The number of nitrogen functional groups attached to an aromatic ring is 1. The van der Waals surface area contributed by atoms with E-state index >= 15 is 0 Å². The van der Waals surface area contributed by atoms with Crippen LogP contribution in [0.2, 0.25) is 5.15 Å². The van der Waals surface area contributed by atoms with Crippen molar-refractivity contribution in [1.82, 2.24) is 4.98 Å². The topological polar surface area (TPSA) is 59.1 Å². The molecule has 0 aliphatic rings. The molecule has 3 N–H and O–H groups in total. The lowest BCUT2D eigenvalue weighted by Crippen LogP contribution is -2.10. The molecule has 0 spiro atoms. The Morgan fingerprint density at radius 2 is 1.82 bits per heavy atom. The van der Waals surface area contributed by atoms with Gasteiger partial charge in [0.25, 0.3) is 0 Å². The van der Waals surface area contributed by atoms with E-state index < -0.39 is 0 Å². The van der Waals surface area contributed by atoms with Crippen LogP contribution in [-0.2, 0) is 5.41 Å². The average molecular weight is 319 g/mol. The number of anilines is 1. The Morgan fingerprint density at radius 3 is 2.27 bits per heavy atom. The van der Waals surface area contributed by atoms with Crippen LogP contribution in [0.15, 0.2) is 24.3 Å². The van der Waals surface area contributed by atoms with E-state index in [1.807, 2.05) is 26.0 Å². The van der Waals surface area contributed by atoms with Crippen LogP contribution >= 0.6 is 11.6 Å². The van der Waals surface area contributed by atoms with Crippen molar-refractivity contribution in [3.63, 3.8) is 0 Å². The molecule has 1 aromatic heterocycles. The minimum absolute atomic E-state index is 0.0262. The number of nitrogens with two attached hydrogens (primary N) is 1. The van der Waals surface area contributed by atoms with E-state index in [1.54, 1.807) is 12.1 Å². The molecule has 0 amide bonds. The van der Waals surface area contributed by atoms with E-state index in [-0.39, 0.29) is 17.1 Å². The third kappa shape index (κ3) is 3.20. The number of hydrogen-bond acceptors (Lipinski definition) is 3. The van der Waals surface area contributed by atoms with Gasteiger partial charge in [0.2, 0.25) is 0 Å². The number of nitrogens with zero attached hydrogens (tertiary/aromatic N) is 1. The highest BCUT2D eigenvalue weighted by molar-refractivity contribution is 6.30. The number of hydrogen-bond donors (Lipinski definition) is 2. The third-order valence-corrected chi connectivity index (χ3v) is 4.05. The minimum atomic E-state index is -0.0262. The second kappa shape index (κ2) is 5.81. The third-order valence-electron chi connectivity index (χ3n) is 3.76. The van der Waals surface area contributed by atoms with E-state index in [0.717, 1.165) is 11.1 Å². The van der Waals surface area contributed by atoms with Gasteiger partial charge in [-0.25, -0.2) is 4.98 Å². The first-order chi connectivity index (χ1) is 10.1. The number of phenolic OH excluding ortho intramolecular Hbond substituents is 1. The lowest BCUT2D eigenvalue weighted by molar-refractivity contribution is 0.473. The largest absolute Gasteiger partial charge is 0.507 e. The molecule has 0 saturated carbocycles. The Morgan fingerprint density at radius 1 is 1.18 bits per heavy atom. The molecular formula is C18H23ClN2O. The first kappa shape index (κ1) is 16.6. The molecule has 1 aromatic carbocycles. The smallest absolute Gasteiger partial charge is 0.135 e. The number of benzene rings is 1. The zero-order valence-electron chi connectivity index (χ0n) is 13.7. The Kier molecular flexibility index (Phi) is 4.39. The maximum absolute atomic E-state index is 10.3. The summed E-state index contributed by atoms with van der Waals surface area (Å²) in [5, 5.41) is 10.7. The highest BCUT2D eigenvalue weighted by Crippen LogP contribution is 2.37. The predicted molar refractivity (Wildman–Crippen MR) is 93.5 cm³/mol. The van der Waals surface area contributed by atoms with Gasteiger partial charge in [0.05, 0.1) is 5.69 Å². The summed E-state index contributed by atoms with van der Waals surface area (Å²) in [4.78, 5) is 4.40. The molecule has 3 nitrogen and oxygen atoms in total. The molecule has 1 heterocycles. The SMILES string of the molecule is CC(C)c1c(N)cc(-c2ccc(C(C)(C)C)cc2O)nc1Cl. The van der Waals surface area contributed by atoms with Gasteiger partial charge in [0.15, 0.2) is 0 Å². The second-order valence-electron chi connectivity index (χ2n) is 6.94. The van der Waals surface area contributed by atoms with Gasteiger partial charge in [-0.05, 0) is 35.1 Å². The molecule has 118 valence electrons. The molecule has 0 unspecified atom stereocenters. The molecule has 2 aromatic rings. The van der Waals surface area contributed by atoms with E-state index in [4.69, 9.17) is 17.3 Å². The fourth-order valence-electron chi connectivity index (χ4n) is 2.47. The van der Waals surface area contributed by atoms with Gasteiger partial charge in [-0.3, -0.25) is 0 Å². The Hall–Kier alpha value is -1.74. The van der Waals surface area contributed by atoms with Crippen LogP contribution in [0.5, 0.6) is 5.75 Å². The number of aromatic hydroxyl groups is 1. The first-order valence-electron chi connectivity index (χ1n) is 7.41. The highest BCUT2D eigenvalue weighted by Gasteiger charge is 2.18. The summed E-state index contributed by atoms with van der Waals surface area (Å²) in [6.07, 6.45) is 0. The Labute approximate surface area is 137 Å². The standard InChI is InChI=1S/C18H23ClN2O/c1-10(2)16-13(20)9-14(21-17(16)19)12-7-6-11(8-15(12)22)18(3,4)5/h6-10,22H,1-5H3,(H2,20,21). The van der Waals surface area contributed by atoms with Gasteiger partial charge in [0, 0.05) is 16.8 Å². The lowest BCUT2D eigenvalue weighted by Gasteiger charge is -2.20. The van der Waals surface area contributed by atoms with Gasteiger partial charge in [-0.1, -0.05) is 52.3 Å². The van der Waals surface area contributed by atoms with Crippen LogP contribution in [0, 0.1) is 0 Å². The van der Waals surface area contributed by atoms with Crippen molar-refractivity contribution < 1.29 is 5.11 Å². The molecular weight excluding hydrogens is 296 g/mol. The quantitative estimate of drug-likeness (QED) is 0.756. The zero-order chi connectivity index (χ0) is 16.7. The van der Waals surface area contributed by atoms with Crippen molar-refractivity contribution in [3.05, 3.63) is 40.5 Å². The van der Waals surface area contributed by atoms with Crippen molar-refractivity contribution in [3.8, 4) is 17.0 Å². The highest BCUT2D eigenvalue weighted by atomic mass is 35.5. The van der Waals surface area contributed by atoms with Gasteiger partial charge >= 0.3 is 0 Å². The number of halogens is 1. The average Bonchev–Trinajstić information content (AvgIpc) is 2.35. The van der Waals surface area contributed by atoms with Crippen LogP contribution < -0.4 is 5.73 Å². The van der Waals surface area contributed by atoms with Crippen LogP contribution in [0.4, 0.5) is 5.69 Å². The normalized spacial score (nSPS) is 12.0. The molecule has 4 heteroatoms. The molecule has 2 rings (SSSR count). The van der Waals surface area contributed by atoms with E-state index in [9.17, 15) is 5.11 Å². The fraction of sp³-hybridized carbons (Fsp3) is 0.389. The number of pyridine rings is 1. The monoisotopic (exact) mass is 318 g/mol. The number of rotatable bonds is 2. The van der Waals surface area contributed by atoms with Gasteiger partial charge in [-0.2, -0.15) is 0 Å². The second-order valence-corrected chi connectivity index (χ2v) is 7.30. The maximum atomic E-state index is 10.3. The maximum Gasteiger partial charge on any atom is 0.135 e. The molecule has 0 atom stereocenters. The molecule has 0 bridgehead atoms. The summed E-state index contributed by atoms with van der Waals surface area (Å²) in [6.45, 7) is 10.4. The van der Waals surface area contributed by atoms with E-state index in [2.05, 4.69) is 25.8 Å². The van der Waals surface area contributed by atoms with Crippen LogP contribution in [0.1, 0.15) is 51.7 Å². The van der Waals surface area contributed by atoms with Gasteiger partial charge in [0.1, 0.15) is 10.9 Å². The van der Waals surface area contributed by atoms with Crippen molar-refractivity contribution in [2.24, 2.45) is 0 Å². The number of aromatic nitrogens is 1. The van der Waals surface area contributed by atoms with Gasteiger partial charge in [-0.15, -0.1) is 0 Å². The summed E-state index contributed by atoms with van der Waals surface area (Å²) in [6, 6.07) is 7.41. The number of phenols is 1. The first-order valence-corrected chi connectivity index (χ1v) is 7.79. The summed E-state index contributed by atoms with van der Waals surface area (Å²) in [5.74, 6) is 0.388. The Balaban J connectivity index is 2.54. The van der Waals surface area contributed by atoms with Crippen LogP contribution in [-0.4, -0.2) is 10.1 Å². The van der Waals surface area contributed by atoms with Crippen molar-refractivity contribution >= 4 is 17.3 Å². The lowest BCUT2D eigenvalue weighted by atomic mass is 9.86. The fourth-order valence-corrected chi connectivity index (χ4v) is 2.89. The molecule has 22 heavy (non-hydrogen) atoms. The van der Waals surface area contributed by atoms with Crippen LogP contribution in [0.3, 0.4) is 0 Å². The van der Waals surface area contributed by atoms with Gasteiger partial charge < -0.3 is 10.8 Å². The zero-order valence-corrected chi connectivity index (χ0v) is 14.5. The molecule has 0 fully saturated rings.